The minimum Gasteiger partial charge on any atom is -0.406 e. The lowest BCUT2D eigenvalue weighted by Gasteiger charge is -2.36. The van der Waals surface area contributed by atoms with Crippen LogP contribution in [-0.4, -0.2) is 38.8 Å². The van der Waals surface area contributed by atoms with Gasteiger partial charge in [0.15, 0.2) is 0 Å². The van der Waals surface area contributed by atoms with Gasteiger partial charge in [0, 0.05) is 31.9 Å². The Labute approximate surface area is 161 Å². The van der Waals surface area contributed by atoms with Gasteiger partial charge in [-0.05, 0) is 43.4 Å². The van der Waals surface area contributed by atoms with Gasteiger partial charge in [0.1, 0.15) is 11.4 Å². The van der Waals surface area contributed by atoms with E-state index in [1.807, 2.05) is 0 Å². The molecule has 0 spiro atoms. The van der Waals surface area contributed by atoms with Crippen LogP contribution in [0.1, 0.15) is 41.7 Å². The van der Waals surface area contributed by atoms with Crippen LogP contribution in [-0.2, 0) is 13.6 Å². The summed E-state index contributed by atoms with van der Waals surface area (Å²) in [5.74, 6) is -0.552. The van der Waals surface area contributed by atoms with E-state index >= 15 is 0 Å². The van der Waals surface area contributed by atoms with Crippen molar-refractivity contribution in [3.8, 4) is 5.75 Å². The molecule has 1 fully saturated rings. The van der Waals surface area contributed by atoms with Crippen LogP contribution in [0, 0.1) is 0 Å². The maximum absolute atomic E-state index is 13.1. The van der Waals surface area contributed by atoms with Crippen molar-refractivity contribution in [2.75, 3.05) is 0 Å². The van der Waals surface area contributed by atoms with Crippen LogP contribution >= 0.6 is 0 Å². The van der Waals surface area contributed by atoms with E-state index in [1.54, 1.807) is 35.1 Å². The number of ether oxygens (including phenoxy) is 1. The van der Waals surface area contributed by atoms with Crippen LogP contribution in [0.25, 0.3) is 0 Å². The third-order valence-corrected chi connectivity index (χ3v) is 4.85. The van der Waals surface area contributed by atoms with Crippen molar-refractivity contribution in [1.29, 1.82) is 0 Å². The van der Waals surface area contributed by atoms with Crippen molar-refractivity contribution >= 4 is 5.91 Å². The minimum absolute atomic E-state index is 0.0403. The van der Waals surface area contributed by atoms with Crippen LogP contribution in [0.4, 0.5) is 13.2 Å². The monoisotopic (exact) mass is 396 g/mol. The molecule has 6 nitrogen and oxygen atoms in total. The number of hydrogen-bond acceptors (Lipinski definition) is 4. The van der Waals surface area contributed by atoms with Crippen molar-refractivity contribution < 1.29 is 22.7 Å². The van der Waals surface area contributed by atoms with Gasteiger partial charge >= 0.3 is 6.36 Å². The van der Waals surface area contributed by atoms with Gasteiger partial charge in [-0.1, -0.05) is 12.1 Å². The number of aryl methyl sites for hydroxylation is 1. The van der Waals surface area contributed by atoms with E-state index in [9.17, 15) is 18.0 Å². The molecule has 9 heteroatoms. The Morgan fingerprint density at radius 3 is 2.64 bits per heavy atom. The molecule has 0 atom stereocenters. The Hall–Kier alpha value is -2.55. The molecule has 1 aliphatic carbocycles. The van der Waals surface area contributed by atoms with Gasteiger partial charge in [-0.15, -0.1) is 13.2 Å². The number of benzene rings is 1. The Morgan fingerprint density at radius 2 is 2.04 bits per heavy atom. The fraction of sp³-hybridized carbons (Fsp3) is 0.474. The highest BCUT2D eigenvalue weighted by Crippen LogP contribution is 2.27. The maximum atomic E-state index is 13.1. The largest absolute Gasteiger partial charge is 0.573 e. The number of halogens is 3. The summed E-state index contributed by atoms with van der Waals surface area (Å²) in [5.41, 5.74) is 6.84. The molecule has 0 aliphatic heterocycles. The lowest BCUT2D eigenvalue weighted by molar-refractivity contribution is -0.274. The maximum Gasteiger partial charge on any atom is 0.573 e. The number of nitrogens with zero attached hydrogens (tertiary/aromatic N) is 3. The zero-order valence-corrected chi connectivity index (χ0v) is 15.5. The number of carbonyl (C=O) groups is 1. The summed E-state index contributed by atoms with van der Waals surface area (Å²) in [6.45, 7) is 0.171. The molecule has 0 unspecified atom stereocenters. The third kappa shape index (κ3) is 5.25. The number of rotatable bonds is 5. The normalized spacial score (nSPS) is 20.0. The average Bonchev–Trinajstić information content (AvgIpc) is 3.05. The van der Waals surface area contributed by atoms with Crippen molar-refractivity contribution in [3.63, 3.8) is 0 Å². The highest BCUT2D eigenvalue weighted by Gasteiger charge is 2.32. The van der Waals surface area contributed by atoms with Gasteiger partial charge in [0.05, 0.1) is 6.33 Å². The van der Waals surface area contributed by atoms with Gasteiger partial charge in [0.25, 0.3) is 5.91 Å². The van der Waals surface area contributed by atoms with Crippen LogP contribution in [0.15, 0.2) is 36.8 Å². The van der Waals surface area contributed by atoms with E-state index in [-0.39, 0.29) is 30.3 Å². The number of hydrogen-bond donors (Lipinski definition) is 1. The molecule has 1 aromatic heterocycles. The zero-order valence-electron chi connectivity index (χ0n) is 15.5. The van der Waals surface area contributed by atoms with E-state index in [0.717, 1.165) is 25.7 Å². The van der Waals surface area contributed by atoms with Crippen molar-refractivity contribution in [3.05, 3.63) is 48.0 Å². The molecule has 1 aliphatic rings. The lowest BCUT2D eigenvalue weighted by atomic mass is 9.90. The number of amides is 1. The molecule has 0 bridgehead atoms. The molecule has 0 radical (unpaired) electrons. The van der Waals surface area contributed by atoms with Crippen LogP contribution in [0.2, 0.25) is 0 Å². The Morgan fingerprint density at radius 1 is 1.32 bits per heavy atom. The molecule has 1 aromatic carbocycles. The average molecular weight is 396 g/mol. The highest BCUT2D eigenvalue weighted by atomic mass is 19.4. The topological polar surface area (TPSA) is 73.4 Å². The van der Waals surface area contributed by atoms with E-state index in [4.69, 9.17) is 5.73 Å². The van der Waals surface area contributed by atoms with Gasteiger partial charge in [-0.2, -0.15) is 0 Å². The fourth-order valence-corrected chi connectivity index (χ4v) is 3.49. The van der Waals surface area contributed by atoms with Crippen molar-refractivity contribution in [2.24, 2.45) is 12.8 Å². The summed E-state index contributed by atoms with van der Waals surface area (Å²) >= 11 is 0. The first-order valence-corrected chi connectivity index (χ1v) is 9.10. The summed E-state index contributed by atoms with van der Waals surface area (Å²) in [5, 5.41) is 0. The zero-order chi connectivity index (χ0) is 20.3. The van der Waals surface area contributed by atoms with Crippen LogP contribution < -0.4 is 10.5 Å². The molecule has 1 saturated carbocycles. The summed E-state index contributed by atoms with van der Waals surface area (Å²) < 4.78 is 43.2. The molecular formula is C19H23F3N4O2. The SMILES string of the molecule is Cn1cnc(C(=O)N(Cc2cccc(OC(F)(F)F)c2)C2CCC(N)CC2)c1. The standard InChI is InChI=1S/C19H23F3N4O2/c1-25-11-17(24-12-25)18(27)26(15-7-5-14(23)6-8-15)10-13-3-2-4-16(9-13)28-19(20,21)22/h2-4,9,11-12,14-15H,5-8,10,23H2,1H3. The minimum atomic E-state index is -4.76. The first-order chi connectivity index (χ1) is 13.2. The second-order valence-corrected chi connectivity index (χ2v) is 7.12. The first-order valence-electron chi connectivity index (χ1n) is 9.10. The molecule has 2 aromatic rings. The molecule has 152 valence electrons. The van der Waals surface area contributed by atoms with Crippen LogP contribution in [0.3, 0.4) is 0 Å². The molecule has 0 saturated heterocycles. The number of imidazole rings is 1. The predicted octanol–water partition coefficient (Wildman–Crippen LogP) is 3.23. The summed E-state index contributed by atoms with van der Waals surface area (Å²) in [6.07, 6.45) is 1.51. The molecule has 1 heterocycles. The number of carbonyl (C=O) groups excluding carboxylic acids is 1. The summed E-state index contributed by atoms with van der Waals surface area (Å²) in [4.78, 5) is 18.9. The molecular weight excluding hydrogens is 373 g/mol. The van der Waals surface area contributed by atoms with E-state index in [0.29, 0.717) is 11.3 Å². The fourth-order valence-electron chi connectivity index (χ4n) is 3.49. The van der Waals surface area contributed by atoms with Crippen molar-refractivity contribution in [1.82, 2.24) is 14.5 Å². The smallest absolute Gasteiger partial charge is 0.406 e. The van der Waals surface area contributed by atoms with Crippen molar-refractivity contribution in [2.45, 2.75) is 50.7 Å². The second-order valence-electron chi connectivity index (χ2n) is 7.12. The lowest BCUT2D eigenvalue weighted by Crippen LogP contribution is -2.44. The van der Waals surface area contributed by atoms with Gasteiger partial charge in [-0.25, -0.2) is 4.98 Å². The summed E-state index contributed by atoms with van der Waals surface area (Å²) in [7, 11) is 1.77. The Bertz CT molecular complexity index is 814. The van der Waals surface area contributed by atoms with E-state index in [2.05, 4.69) is 9.72 Å². The first kappa shape index (κ1) is 20.2. The number of nitrogens with two attached hydrogens (primary N) is 1. The second kappa shape index (κ2) is 8.22. The van der Waals surface area contributed by atoms with E-state index < -0.39 is 6.36 Å². The highest BCUT2D eigenvalue weighted by molar-refractivity contribution is 5.92. The van der Waals surface area contributed by atoms with Gasteiger partial charge in [-0.3, -0.25) is 4.79 Å². The third-order valence-electron chi connectivity index (χ3n) is 4.85. The van der Waals surface area contributed by atoms with E-state index in [1.165, 1.54) is 18.2 Å². The van der Waals surface area contributed by atoms with Gasteiger partial charge in [0.2, 0.25) is 0 Å². The molecule has 28 heavy (non-hydrogen) atoms. The summed E-state index contributed by atoms with van der Waals surface area (Å²) in [6, 6.07) is 5.78. The molecule has 1 amide bonds. The van der Waals surface area contributed by atoms with Gasteiger partial charge < -0.3 is 19.9 Å². The molecule has 2 N–H and O–H groups in total. The molecule has 3 rings (SSSR count). The Balaban J connectivity index is 1.83. The number of alkyl halides is 3. The predicted molar refractivity (Wildman–Crippen MR) is 96.4 cm³/mol. The quantitative estimate of drug-likeness (QED) is 0.842. The number of aromatic nitrogens is 2. The Kier molecular flexibility index (Phi) is 5.93. The van der Waals surface area contributed by atoms with Crippen LogP contribution in [0.5, 0.6) is 5.75 Å².